The van der Waals surface area contributed by atoms with Gasteiger partial charge in [0.25, 0.3) is 0 Å². The number of rotatable bonds is 9. The Balaban J connectivity index is 2.52. The van der Waals surface area contributed by atoms with Gasteiger partial charge in [-0.3, -0.25) is 9.59 Å². The monoisotopic (exact) mass is 383 g/mol. The van der Waals surface area contributed by atoms with E-state index < -0.39 is 23.3 Å². The summed E-state index contributed by atoms with van der Waals surface area (Å²) in [5.41, 5.74) is -0.382. The van der Waals surface area contributed by atoms with Gasteiger partial charge in [-0.1, -0.05) is 75.2 Å². The summed E-state index contributed by atoms with van der Waals surface area (Å²) in [7, 11) is 3.28. The SMILES string of the molecule is CCCCC(C(=O)Oc1ccccc1)(c1ccccc1)C(C)C(=O)ON(C)C. The second-order valence-corrected chi connectivity index (χ2v) is 7.09. The molecule has 5 heteroatoms. The third-order valence-electron chi connectivity index (χ3n) is 4.90. The van der Waals surface area contributed by atoms with Crippen LogP contribution in [0.4, 0.5) is 0 Å². The number of unbranched alkanes of at least 4 members (excludes halogenated alkanes) is 1. The third-order valence-corrected chi connectivity index (χ3v) is 4.90. The van der Waals surface area contributed by atoms with Crippen molar-refractivity contribution in [3.05, 3.63) is 66.2 Å². The molecule has 2 aromatic rings. The topological polar surface area (TPSA) is 55.8 Å². The number of carbonyl (C=O) groups excluding carboxylic acids is 2. The van der Waals surface area contributed by atoms with Gasteiger partial charge < -0.3 is 9.57 Å². The van der Waals surface area contributed by atoms with Crippen LogP contribution in [-0.2, 0) is 19.8 Å². The molecular weight excluding hydrogens is 354 g/mol. The van der Waals surface area contributed by atoms with Crippen molar-refractivity contribution in [1.29, 1.82) is 0 Å². The van der Waals surface area contributed by atoms with Crippen LogP contribution in [0, 0.1) is 5.92 Å². The number of hydrogen-bond acceptors (Lipinski definition) is 5. The number of hydroxylamine groups is 2. The summed E-state index contributed by atoms with van der Waals surface area (Å²) in [5.74, 6) is -1.17. The van der Waals surface area contributed by atoms with Gasteiger partial charge in [0.15, 0.2) is 0 Å². The number of hydrogen-bond donors (Lipinski definition) is 0. The zero-order valence-corrected chi connectivity index (χ0v) is 17.1. The molecule has 0 saturated heterocycles. The lowest BCUT2D eigenvalue weighted by atomic mass is 9.67. The van der Waals surface area contributed by atoms with E-state index in [9.17, 15) is 9.59 Å². The van der Waals surface area contributed by atoms with Crippen molar-refractivity contribution in [2.45, 2.75) is 38.5 Å². The van der Waals surface area contributed by atoms with Crippen LogP contribution >= 0.6 is 0 Å². The van der Waals surface area contributed by atoms with Gasteiger partial charge in [0.2, 0.25) is 0 Å². The molecule has 0 aromatic heterocycles. The van der Waals surface area contributed by atoms with Gasteiger partial charge in [-0.25, -0.2) is 0 Å². The molecule has 0 amide bonds. The first-order valence-electron chi connectivity index (χ1n) is 9.63. The fourth-order valence-electron chi connectivity index (χ4n) is 3.35. The van der Waals surface area contributed by atoms with Crippen molar-refractivity contribution in [3.63, 3.8) is 0 Å². The molecule has 0 aliphatic heterocycles. The molecule has 0 bridgehead atoms. The zero-order valence-electron chi connectivity index (χ0n) is 17.1. The van der Waals surface area contributed by atoms with E-state index >= 15 is 0 Å². The molecule has 0 spiro atoms. The van der Waals surface area contributed by atoms with E-state index in [2.05, 4.69) is 6.92 Å². The van der Waals surface area contributed by atoms with Gasteiger partial charge >= 0.3 is 11.9 Å². The van der Waals surface area contributed by atoms with E-state index in [1.807, 2.05) is 48.5 Å². The summed E-state index contributed by atoms with van der Waals surface area (Å²) in [6, 6.07) is 18.3. The molecule has 0 fully saturated rings. The minimum atomic E-state index is -1.14. The first-order valence-corrected chi connectivity index (χ1v) is 9.63. The maximum atomic E-state index is 13.5. The lowest BCUT2D eigenvalue weighted by Crippen LogP contribution is -2.48. The highest BCUT2D eigenvalue weighted by Crippen LogP contribution is 2.40. The molecule has 0 saturated carbocycles. The molecular formula is C23H29NO4. The Bertz CT molecular complexity index is 761. The number of carbonyl (C=O) groups is 2. The number of benzene rings is 2. The van der Waals surface area contributed by atoms with E-state index in [1.165, 1.54) is 5.06 Å². The maximum absolute atomic E-state index is 13.5. The van der Waals surface area contributed by atoms with Crippen LogP contribution in [0.3, 0.4) is 0 Å². The van der Waals surface area contributed by atoms with Crippen LogP contribution < -0.4 is 4.74 Å². The summed E-state index contributed by atoms with van der Waals surface area (Å²) in [4.78, 5) is 31.7. The molecule has 0 heterocycles. The van der Waals surface area contributed by atoms with Gasteiger partial charge in [0.05, 0.1) is 5.92 Å². The average Bonchev–Trinajstić information content (AvgIpc) is 2.69. The minimum Gasteiger partial charge on any atom is -0.426 e. The highest BCUT2D eigenvalue weighted by atomic mass is 16.7. The van der Waals surface area contributed by atoms with Crippen molar-refractivity contribution in [2.24, 2.45) is 5.92 Å². The molecule has 0 N–H and O–H groups in total. The number of esters is 1. The molecule has 0 aliphatic carbocycles. The lowest BCUT2D eigenvalue weighted by molar-refractivity contribution is -0.188. The van der Waals surface area contributed by atoms with E-state index in [1.54, 1.807) is 33.2 Å². The second kappa shape index (κ2) is 10.0. The van der Waals surface area contributed by atoms with E-state index in [4.69, 9.17) is 9.57 Å². The first kappa shape index (κ1) is 21.6. The summed E-state index contributed by atoms with van der Waals surface area (Å²) in [6.45, 7) is 3.79. The van der Waals surface area contributed by atoms with Crippen molar-refractivity contribution >= 4 is 11.9 Å². The highest BCUT2D eigenvalue weighted by molar-refractivity contribution is 5.91. The van der Waals surface area contributed by atoms with E-state index in [0.29, 0.717) is 12.2 Å². The van der Waals surface area contributed by atoms with Crippen LogP contribution in [0.15, 0.2) is 60.7 Å². The number of para-hydroxylation sites is 1. The molecule has 2 rings (SSSR count). The summed E-state index contributed by atoms with van der Waals surface area (Å²) in [5, 5.41) is 1.34. The van der Waals surface area contributed by atoms with E-state index in [0.717, 1.165) is 18.4 Å². The van der Waals surface area contributed by atoms with Gasteiger partial charge in [0, 0.05) is 14.1 Å². The van der Waals surface area contributed by atoms with Crippen molar-refractivity contribution in [1.82, 2.24) is 5.06 Å². The van der Waals surface area contributed by atoms with Gasteiger partial charge in [0.1, 0.15) is 11.2 Å². The molecule has 0 radical (unpaired) electrons. The fraction of sp³-hybridized carbons (Fsp3) is 0.391. The Morgan fingerprint density at radius 2 is 1.57 bits per heavy atom. The Labute approximate surface area is 167 Å². The molecule has 0 aliphatic rings. The van der Waals surface area contributed by atoms with Crippen LogP contribution in [0.2, 0.25) is 0 Å². The number of ether oxygens (including phenoxy) is 1. The zero-order chi connectivity index (χ0) is 20.6. The second-order valence-electron chi connectivity index (χ2n) is 7.09. The standard InChI is InChI=1S/C23H29NO4/c1-5-6-17-23(19-13-9-7-10-14-19,18(2)21(25)28-24(3)4)22(26)27-20-15-11-8-12-16-20/h7-16,18H,5-6,17H2,1-4H3. The third kappa shape index (κ3) is 4.98. The predicted molar refractivity (Wildman–Crippen MR) is 109 cm³/mol. The van der Waals surface area contributed by atoms with Crippen LogP contribution in [-0.4, -0.2) is 31.1 Å². The minimum absolute atomic E-state index is 0.443. The Kier molecular flexibility index (Phi) is 7.76. The van der Waals surface area contributed by atoms with E-state index in [-0.39, 0.29) is 0 Å². The summed E-state index contributed by atoms with van der Waals surface area (Å²) >= 11 is 0. The number of nitrogens with zero attached hydrogens (tertiary/aromatic N) is 1. The quantitative estimate of drug-likeness (QED) is 0.365. The maximum Gasteiger partial charge on any atom is 0.329 e. The summed E-state index contributed by atoms with van der Waals surface area (Å²) in [6.07, 6.45) is 2.16. The van der Waals surface area contributed by atoms with Crippen molar-refractivity contribution in [3.8, 4) is 5.75 Å². The first-order chi connectivity index (χ1) is 13.4. The Morgan fingerprint density at radius 3 is 2.11 bits per heavy atom. The van der Waals surface area contributed by atoms with Crippen LogP contribution in [0.1, 0.15) is 38.7 Å². The Hall–Kier alpha value is -2.66. The van der Waals surface area contributed by atoms with Gasteiger partial charge in [-0.05, 0) is 24.1 Å². The lowest BCUT2D eigenvalue weighted by Gasteiger charge is -2.36. The molecule has 2 unspecified atom stereocenters. The van der Waals surface area contributed by atoms with Crippen LogP contribution in [0.25, 0.3) is 0 Å². The molecule has 5 nitrogen and oxygen atoms in total. The van der Waals surface area contributed by atoms with Gasteiger partial charge in [-0.2, -0.15) is 0 Å². The Morgan fingerprint density at radius 1 is 1.00 bits per heavy atom. The smallest absolute Gasteiger partial charge is 0.329 e. The normalized spacial score (nSPS) is 14.2. The average molecular weight is 383 g/mol. The predicted octanol–water partition coefficient (Wildman–Crippen LogP) is 4.38. The van der Waals surface area contributed by atoms with Gasteiger partial charge in [-0.15, -0.1) is 5.06 Å². The molecule has 2 atom stereocenters. The van der Waals surface area contributed by atoms with Crippen molar-refractivity contribution < 1.29 is 19.2 Å². The largest absolute Gasteiger partial charge is 0.426 e. The molecule has 150 valence electrons. The van der Waals surface area contributed by atoms with Crippen LogP contribution in [0.5, 0.6) is 5.75 Å². The fourth-order valence-corrected chi connectivity index (χ4v) is 3.35. The molecule has 28 heavy (non-hydrogen) atoms. The summed E-state index contributed by atoms with van der Waals surface area (Å²) < 4.78 is 5.75. The van der Waals surface area contributed by atoms with Crippen molar-refractivity contribution in [2.75, 3.05) is 14.1 Å². The highest BCUT2D eigenvalue weighted by Gasteiger charge is 2.50. The molecule has 2 aromatic carbocycles.